The molecule has 0 radical (unpaired) electrons. The minimum Gasteiger partial charge on any atom is -0.476 e. The molecule has 1 heterocycles. The van der Waals surface area contributed by atoms with Crippen LogP contribution in [0.3, 0.4) is 0 Å². The molecule has 0 aliphatic rings. The van der Waals surface area contributed by atoms with Crippen molar-refractivity contribution in [3.05, 3.63) is 28.5 Å². The first kappa shape index (κ1) is 14.4. The van der Waals surface area contributed by atoms with Gasteiger partial charge in [-0.3, -0.25) is 10.1 Å². The lowest BCUT2D eigenvalue weighted by molar-refractivity contribution is -0.387. The average Bonchev–Trinajstić information content (AvgIpc) is 2.42. The number of hydrogen-bond donors (Lipinski definition) is 0. The van der Waals surface area contributed by atoms with Gasteiger partial charge in [-0.1, -0.05) is 6.08 Å². The van der Waals surface area contributed by atoms with E-state index < -0.39 is 16.5 Å². The quantitative estimate of drug-likeness (QED) is 0.435. The van der Waals surface area contributed by atoms with E-state index in [-0.39, 0.29) is 24.0 Å². The number of ether oxygens (including phenoxy) is 2. The number of aromatic nitrogens is 2. The summed E-state index contributed by atoms with van der Waals surface area (Å²) in [5, 5.41) is 20.2. The first-order valence-electron chi connectivity index (χ1n) is 5.23. The highest BCUT2D eigenvalue weighted by molar-refractivity contribution is 5.49. The Kier molecular flexibility index (Phi) is 4.76. The van der Waals surface area contributed by atoms with Crippen molar-refractivity contribution < 1.29 is 14.4 Å². The van der Waals surface area contributed by atoms with Crippen LogP contribution in [0, 0.1) is 21.4 Å². The Morgan fingerprint density at radius 3 is 2.63 bits per heavy atom. The molecule has 1 atom stereocenters. The molecular formula is C11H12N4O4. The summed E-state index contributed by atoms with van der Waals surface area (Å²) in [5.74, 6) is -1.06. The third-order valence-corrected chi connectivity index (χ3v) is 2.31. The molecule has 8 heteroatoms. The normalized spacial score (nSPS) is 11.2. The summed E-state index contributed by atoms with van der Waals surface area (Å²) in [4.78, 5) is 18.0. The lowest BCUT2D eigenvalue weighted by Gasteiger charge is -2.10. The summed E-state index contributed by atoms with van der Waals surface area (Å²) in [7, 11) is 2.56. The second kappa shape index (κ2) is 6.30. The third-order valence-electron chi connectivity index (χ3n) is 2.31. The minimum absolute atomic E-state index is 0.0453. The summed E-state index contributed by atoms with van der Waals surface area (Å²) >= 11 is 0. The van der Waals surface area contributed by atoms with Crippen LogP contribution >= 0.6 is 0 Å². The highest BCUT2D eigenvalue weighted by Gasteiger charge is 2.30. The van der Waals surface area contributed by atoms with Crippen LogP contribution in [-0.2, 0) is 0 Å². The predicted octanol–water partition coefficient (Wildman–Crippen LogP) is 1.59. The third kappa shape index (κ3) is 2.95. The first-order valence-corrected chi connectivity index (χ1v) is 5.23. The Balaban J connectivity index is 3.53. The lowest BCUT2D eigenvalue weighted by Crippen LogP contribution is -2.09. The zero-order valence-electron chi connectivity index (χ0n) is 10.5. The number of hydrogen-bond acceptors (Lipinski definition) is 7. The molecule has 0 bridgehead atoms. The molecule has 0 aliphatic heterocycles. The molecule has 0 fully saturated rings. The molecule has 19 heavy (non-hydrogen) atoms. The van der Waals surface area contributed by atoms with Gasteiger partial charge in [-0.15, -0.1) is 6.58 Å². The van der Waals surface area contributed by atoms with E-state index in [1.165, 1.54) is 20.3 Å². The van der Waals surface area contributed by atoms with Crippen molar-refractivity contribution >= 4 is 5.69 Å². The van der Waals surface area contributed by atoms with Crippen LogP contribution in [0.4, 0.5) is 5.69 Å². The standard InChI is InChI=1S/C11H12N4O4/c1-4-5-7(6-12)8-9(15(16)17)10(18-2)14-11(13-8)19-3/h4,7H,1,5H2,2-3H3. The number of allylic oxidation sites excluding steroid dienone is 1. The predicted molar refractivity (Wildman–Crippen MR) is 65.0 cm³/mol. The molecule has 0 saturated heterocycles. The van der Waals surface area contributed by atoms with Gasteiger partial charge in [0.25, 0.3) is 0 Å². The van der Waals surface area contributed by atoms with Crippen molar-refractivity contribution in [3.63, 3.8) is 0 Å². The van der Waals surface area contributed by atoms with E-state index in [9.17, 15) is 10.1 Å². The monoisotopic (exact) mass is 264 g/mol. The van der Waals surface area contributed by atoms with E-state index in [0.717, 1.165) is 0 Å². The number of nitriles is 1. The van der Waals surface area contributed by atoms with Gasteiger partial charge >= 0.3 is 17.6 Å². The van der Waals surface area contributed by atoms with Crippen LogP contribution in [0.2, 0.25) is 0 Å². The van der Waals surface area contributed by atoms with Gasteiger partial charge in [0.2, 0.25) is 0 Å². The zero-order chi connectivity index (χ0) is 14.4. The van der Waals surface area contributed by atoms with Crippen LogP contribution in [0.1, 0.15) is 18.0 Å². The summed E-state index contributed by atoms with van der Waals surface area (Å²) in [5.41, 5.74) is -0.479. The SMILES string of the molecule is C=CCC(C#N)c1nc(OC)nc(OC)c1[N+](=O)[O-]. The van der Waals surface area contributed by atoms with Gasteiger partial charge in [0.15, 0.2) is 0 Å². The number of rotatable bonds is 6. The van der Waals surface area contributed by atoms with Crippen LogP contribution < -0.4 is 9.47 Å². The summed E-state index contributed by atoms with van der Waals surface area (Å²) in [6.45, 7) is 3.51. The highest BCUT2D eigenvalue weighted by Crippen LogP contribution is 2.35. The van der Waals surface area contributed by atoms with Crippen LogP contribution in [0.5, 0.6) is 11.9 Å². The molecular weight excluding hydrogens is 252 g/mol. The van der Waals surface area contributed by atoms with Crippen LogP contribution in [-0.4, -0.2) is 29.1 Å². The van der Waals surface area contributed by atoms with E-state index >= 15 is 0 Å². The second-order valence-electron chi connectivity index (χ2n) is 3.42. The summed E-state index contributed by atoms with van der Waals surface area (Å²) < 4.78 is 9.70. The maximum atomic E-state index is 11.1. The molecule has 1 aromatic heterocycles. The molecule has 100 valence electrons. The smallest absolute Gasteiger partial charge is 0.353 e. The van der Waals surface area contributed by atoms with Gasteiger partial charge in [-0.2, -0.15) is 15.2 Å². The molecule has 0 aromatic carbocycles. The maximum Gasteiger partial charge on any atom is 0.353 e. The molecule has 0 aliphatic carbocycles. The maximum absolute atomic E-state index is 11.1. The van der Waals surface area contributed by atoms with Crippen molar-refractivity contribution in [2.45, 2.75) is 12.3 Å². The van der Waals surface area contributed by atoms with Gasteiger partial charge in [0.05, 0.1) is 31.1 Å². The van der Waals surface area contributed by atoms with E-state index in [1.807, 2.05) is 6.07 Å². The van der Waals surface area contributed by atoms with E-state index in [0.29, 0.717) is 0 Å². The Morgan fingerprint density at radius 2 is 2.21 bits per heavy atom. The van der Waals surface area contributed by atoms with Crippen molar-refractivity contribution in [2.24, 2.45) is 0 Å². The van der Waals surface area contributed by atoms with Gasteiger partial charge in [-0.05, 0) is 6.42 Å². The average molecular weight is 264 g/mol. The molecule has 1 unspecified atom stereocenters. The molecule has 1 aromatic rings. The van der Waals surface area contributed by atoms with Crippen molar-refractivity contribution in [1.29, 1.82) is 5.26 Å². The van der Waals surface area contributed by atoms with Crippen LogP contribution in [0.15, 0.2) is 12.7 Å². The van der Waals surface area contributed by atoms with E-state index in [1.54, 1.807) is 0 Å². The minimum atomic E-state index is -0.816. The Morgan fingerprint density at radius 1 is 1.53 bits per heavy atom. The van der Waals surface area contributed by atoms with Gasteiger partial charge in [0, 0.05) is 0 Å². The molecule has 8 nitrogen and oxygen atoms in total. The summed E-state index contributed by atoms with van der Waals surface area (Å²) in [6.07, 6.45) is 1.71. The van der Waals surface area contributed by atoms with E-state index in [2.05, 4.69) is 16.5 Å². The van der Waals surface area contributed by atoms with Gasteiger partial charge in [-0.25, -0.2) is 0 Å². The van der Waals surface area contributed by atoms with Crippen molar-refractivity contribution in [1.82, 2.24) is 9.97 Å². The Bertz CT molecular complexity index is 538. The largest absolute Gasteiger partial charge is 0.476 e. The highest BCUT2D eigenvalue weighted by atomic mass is 16.6. The molecule has 1 rings (SSSR count). The number of nitrogens with zero attached hydrogens (tertiary/aromatic N) is 4. The zero-order valence-corrected chi connectivity index (χ0v) is 10.5. The fourth-order valence-corrected chi connectivity index (χ4v) is 1.47. The van der Waals surface area contributed by atoms with E-state index in [4.69, 9.17) is 14.7 Å². The number of methoxy groups -OCH3 is 2. The molecule has 0 spiro atoms. The summed E-state index contributed by atoms with van der Waals surface area (Å²) in [6, 6.07) is 1.84. The fraction of sp³-hybridized carbons (Fsp3) is 0.364. The second-order valence-corrected chi connectivity index (χ2v) is 3.42. The molecule has 0 amide bonds. The molecule has 0 saturated carbocycles. The number of nitro groups is 1. The lowest BCUT2D eigenvalue weighted by atomic mass is 10.0. The van der Waals surface area contributed by atoms with Gasteiger partial charge in [0.1, 0.15) is 5.69 Å². The fourth-order valence-electron chi connectivity index (χ4n) is 1.47. The Labute approximate surface area is 109 Å². The van der Waals surface area contributed by atoms with Crippen molar-refractivity contribution in [2.75, 3.05) is 14.2 Å². The van der Waals surface area contributed by atoms with Crippen LogP contribution in [0.25, 0.3) is 0 Å². The first-order chi connectivity index (χ1) is 9.08. The molecule has 0 N–H and O–H groups in total. The Hall–Kier alpha value is -2.69. The van der Waals surface area contributed by atoms with Gasteiger partial charge < -0.3 is 9.47 Å². The topological polar surface area (TPSA) is 111 Å². The van der Waals surface area contributed by atoms with Crippen molar-refractivity contribution in [3.8, 4) is 18.0 Å².